The molecule has 3 rings (SSSR count). The highest BCUT2D eigenvalue weighted by molar-refractivity contribution is 7.08. The molecule has 0 radical (unpaired) electrons. The molecular formula is C18H25Cl2N3OS. The predicted molar refractivity (Wildman–Crippen MR) is 109 cm³/mol. The molecule has 0 aliphatic carbocycles. The second kappa shape index (κ2) is 10.1. The first-order chi connectivity index (χ1) is 11.2. The van der Waals surface area contributed by atoms with Crippen molar-refractivity contribution in [1.29, 1.82) is 0 Å². The number of hydrogen-bond acceptors (Lipinski definition) is 4. The van der Waals surface area contributed by atoms with Gasteiger partial charge in [-0.05, 0) is 62.9 Å². The third-order valence-corrected chi connectivity index (χ3v) is 5.12. The standard InChI is InChI=1S/C18H23N3OS.2ClH/c1-13-16(5-6-17(20-13)15-7-9-23-12-15)18(22)21-8-3-4-14(11-21)10-19-2;;/h5-7,9,12,14,19H,3-4,8,10-11H2,1-2H3;2*1H. The highest BCUT2D eigenvalue weighted by Crippen LogP contribution is 2.23. The van der Waals surface area contributed by atoms with E-state index in [0.29, 0.717) is 5.92 Å². The minimum atomic E-state index is 0. The van der Waals surface area contributed by atoms with E-state index in [9.17, 15) is 4.79 Å². The first kappa shape index (κ1) is 21.9. The van der Waals surface area contributed by atoms with Gasteiger partial charge in [0, 0.05) is 24.0 Å². The van der Waals surface area contributed by atoms with E-state index in [-0.39, 0.29) is 30.7 Å². The summed E-state index contributed by atoms with van der Waals surface area (Å²) in [6.45, 7) is 4.59. The molecule has 1 unspecified atom stereocenters. The number of carbonyl (C=O) groups is 1. The fourth-order valence-electron chi connectivity index (χ4n) is 3.23. The molecule has 1 aliphatic heterocycles. The highest BCUT2D eigenvalue weighted by atomic mass is 35.5. The van der Waals surface area contributed by atoms with Crippen LogP contribution in [0.25, 0.3) is 11.3 Å². The summed E-state index contributed by atoms with van der Waals surface area (Å²) >= 11 is 1.66. The number of hydrogen-bond donors (Lipinski definition) is 1. The van der Waals surface area contributed by atoms with Crippen LogP contribution in [0, 0.1) is 12.8 Å². The summed E-state index contributed by atoms with van der Waals surface area (Å²) < 4.78 is 0. The van der Waals surface area contributed by atoms with Crippen LogP contribution < -0.4 is 5.32 Å². The molecule has 1 saturated heterocycles. The van der Waals surface area contributed by atoms with E-state index >= 15 is 0 Å². The molecule has 0 aromatic carbocycles. The smallest absolute Gasteiger partial charge is 0.255 e. The van der Waals surface area contributed by atoms with Crippen LogP contribution in [0.4, 0.5) is 0 Å². The molecule has 0 spiro atoms. The topological polar surface area (TPSA) is 45.2 Å². The van der Waals surface area contributed by atoms with Crippen LogP contribution in [0.1, 0.15) is 28.9 Å². The molecule has 7 heteroatoms. The summed E-state index contributed by atoms with van der Waals surface area (Å²) in [5.41, 5.74) is 3.60. The van der Waals surface area contributed by atoms with Gasteiger partial charge in [-0.1, -0.05) is 0 Å². The zero-order chi connectivity index (χ0) is 16.2. The van der Waals surface area contributed by atoms with Crippen LogP contribution in [0.5, 0.6) is 0 Å². The van der Waals surface area contributed by atoms with E-state index < -0.39 is 0 Å². The number of aryl methyl sites for hydroxylation is 1. The van der Waals surface area contributed by atoms with E-state index in [1.165, 1.54) is 6.42 Å². The van der Waals surface area contributed by atoms with Crippen LogP contribution >= 0.6 is 36.2 Å². The third-order valence-electron chi connectivity index (χ3n) is 4.43. The van der Waals surface area contributed by atoms with E-state index in [1.54, 1.807) is 11.3 Å². The molecule has 1 amide bonds. The van der Waals surface area contributed by atoms with Crippen molar-refractivity contribution < 1.29 is 4.79 Å². The number of pyridine rings is 1. The van der Waals surface area contributed by atoms with Gasteiger partial charge in [-0.3, -0.25) is 9.78 Å². The van der Waals surface area contributed by atoms with Gasteiger partial charge in [-0.2, -0.15) is 11.3 Å². The third kappa shape index (κ3) is 5.17. The number of nitrogens with zero attached hydrogens (tertiary/aromatic N) is 2. The lowest BCUT2D eigenvalue weighted by atomic mass is 9.97. The van der Waals surface area contributed by atoms with Gasteiger partial charge in [0.25, 0.3) is 5.91 Å². The molecule has 2 aromatic heterocycles. The monoisotopic (exact) mass is 401 g/mol. The molecule has 1 fully saturated rings. The van der Waals surface area contributed by atoms with E-state index in [4.69, 9.17) is 0 Å². The average Bonchev–Trinajstić information content (AvgIpc) is 3.09. The molecule has 138 valence electrons. The van der Waals surface area contributed by atoms with Gasteiger partial charge in [-0.15, -0.1) is 24.8 Å². The molecule has 4 nitrogen and oxygen atoms in total. The number of piperidine rings is 1. The maximum absolute atomic E-state index is 12.8. The molecule has 3 heterocycles. The molecule has 25 heavy (non-hydrogen) atoms. The first-order valence-corrected chi connectivity index (χ1v) is 9.07. The lowest BCUT2D eigenvalue weighted by Gasteiger charge is -2.33. The Bertz CT molecular complexity index is 677. The van der Waals surface area contributed by atoms with Crippen LogP contribution in [0.3, 0.4) is 0 Å². The SMILES string of the molecule is CNCC1CCCN(C(=O)c2ccc(-c3ccsc3)nc2C)C1.Cl.Cl. The van der Waals surface area contributed by atoms with Crippen LogP contribution in [0.2, 0.25) is 0 Å². The van der Waals surface area contributed by atoms with Crippen molar-refractivity contribution in [2.24, 2.45) is 5.92 Å². The number of thiophene rings is 1. The second-order valence-electron chi connectivity index (χ2n) is 6.16. The van der Waals surface area contributed by atoms with Crippen molar-refractivity contribution in [2.45, 2.75) is 19.8 Å². The second-order valence-corrected chi connectivity index (χ2v) is 6.94. The van der Waals surface area contributed by atoms with Crippen LogP contribution in [0.15, 0.2) is 29.0 Å². The van der Waals surface area contributed by atoms with Gasteiger partial charge >= 0.3 is 0 Å². The number of halogens is 2. The Kier molecular flexibility index (Phi) is 8.86. The molecular weight excluding hydrogens is 377 g/mol. The Balaban J connectivity index is 0.00000156. The largest absolute Gasteiger partial charge is 0.338 e. The Morgan fingerprint density at radius 1 is 1.36 bits per heavy atom. The number of amides is 1. The predicted octanol–water partition coefficient (Wildman–Crippen LogP) is 4.03. The van der Waals surface area contributed by atoms with Gasteiger partial charge in [-0.25, -0.2) is 0 Å². The number of nitrogens with one attached hydrogen (secondary N) is 1. The van der Waals surface area contributed by atoms with Crippen molar-refractivity contribution in [3.05, 3.63) is 40.2 Å². The summed E-state index contributed by atoms with van der Waals surface area (Å²) in [4.78, 5) is 19.5. The van der Waals surface area contributed by atoms with Crippen molar-refractivity contribution >= 4 is 42.1 Å². The van der Waals surface area contributed by atoms with Crippen molar-refractivity contribution in [3.8, 4) is 11.3 Å². The van der Waals surface area contributed by atoms with E-state index in [2.05, 4.69) is 21.7 Å². The summed E-state index contributed by atoms with van der Waals surface area (Å²) in [5, 5.41) is 7.34. The Labute approximate surface area is 165 Å². The lowest BCUT2D eigenvalue weighted by molar-refractivity contribution is 0.0673. The van der Waals surface area contributed by atoms with Crippen LogP contribution in [-0.2, 0) is 0 Å². The lowest BCUT2D eigenvalue weighted by Crippen LogP contribution is -2.42. The minimum Gasteiger partial charge on any atom is -0.338 e. The van der Waals surface area contributed by atoms with Crippen molar-refractivity contribution in [2.75, 3.05) is 26.7 Å². The number of carbonyl (C=O) groups excluding carboxylic acids is 1. The molecule has 1 N–H and O–H groups in total. The summed E-state index contributed by atoms with van der Waals surface area (Å²) in [6, 6.07) is 5.94. The number of aromatic nitrogens is 1. The van der Waals surface area contributed by atoms with Crippen molar-refractivity contribution in [1.82, 2.24) is 15.2 Å². The highest BCUT2D eigenvalue weighted by Gasteiger charge is 2.25. The Morgan fingerprint density at radius 3 is 2.80 bits per heavy atom. The fraction of sp³-hybridized carbons (Fsp3) is 0.444. The average molecular weight is 402 g/mol. The van der Waals surface area contributed by atoms with Gasteiger partial charge in [0.05, 0.1) is 17.0 Å². The molecule has 0 bridgehead atoms. The molecule has 2 aromatic rings. The number of rotatable bonds is 4. The molecule has 1 aliphatic rings. The van der Waals surface area contributed by atoms with Crippen LogP contribution in [-0.4, -0.2) is 42.5 Å². The first-order valence-electron chi connectivity index (χ1n) is 8.13. The van der Waals surface area contributed by atoms with E-state index in [1.807, 2.05) is 36.4 Å². The van der Waals surface area contributed by atoms with Gasteiger partial charge in [0.15, 0.2) is 0 Å². The molecule has 1 atom stereocenters. The quantitative estimate of drug-likeness (QED) is 0.840. The molecule has 0 saturated carbocycles. The van der Waals surface area contributed by atoms with Crippen molar-refractivity contribution in [3.63, 3.8) is 0 Å². The van der Waals surface area contributed by atoms with Gasteiger partial charge in [0.1, 0.15) is 0 Å². The van der Waals surface area contributed by atoms with E-state index in [0.717, 1.165) is 48.6 Å². The fourth-order valence-corrected chi connectivity index (χ4v) is 3.88. The zero-order valence-electron chi connectivity index (χ0n) is 14.5. The van der Waals surface area contributed by atoms with Gasteiger partial charge < -0.3 is 10.2 Å². The zero-order valence-corrected chi connectivity index (χ0v) is 17.0. The Hall–Kier alpha value is -1.14. The maximum atomic E-state index is 12.8. The number of likely N-dealkylation sites (tertiary alicyclic amines) is 1. The van der Waals surface area contributed by atoms with Gasteiger partial charge in [0.2, 0.25) is 0 Å². The summed E-state index contributed by atoms with van der Waals surface area (Å²) in [5.74, 6) is 0.670. The summed E-state index contributed by atoms with van der Waals surface area (Å²) in [7, 11) is 1.97. The normalized spacial score (nSPS) is 16.7. The maximum Gasteiger partial charge on any atom is 0.255 e. The Morgan fingerprint density at radius 2 is 2.16 bits per heavy atom. The summed E-state index contributed by atoms with van der Waals surface area (Å²) in [6.07, 6.45) is 2.27. The minimum absolute atomic E-state index is 0.